The van der Waals surface area contributed by atoms with Crippen LogP contribution in [0.1, 0.15) is 62.8 Å². The molecule has 2 spiro atoms. The zero-order valence-corrected chi connectivity index (χ0v) is 37.4. The molecule has 0 radical (unpaired) electrons. The van der Waals surface area contributed by atoms with Gasteiger partial charge in [0.2, 0.25) is 0 Å². The number of esters is 5. The lowest BCUT2D eigenvalue weighted by Crippen LogP contribution is -2.65. The predicted octanol–water partition coefficient (Wildman–Crippen LogP) is 4.05. The molecule has 10 atom stereocenters. The van der Waals surface area contributed by atoms with E-state index >= 15 is 0 Å². The van der Waals surface area contributed by atoms with E-state index < -0.39 is 24.1 Å². The van der Waals surface area contributed by atoms with Gasteiger partial charge in [-0.15, -0.1) is 0 Å². The van der Waals surface area contributed by atoms with Gasteiger partial charge in [-0.2, -0.15) is 0 Å². The van der Waals surface area contributed by atoms with Crippen molar-refractivity contribution >= 4 is 35.8 Å². The number of hydrogen-bond donors (Lipinski definition) is 1. The smallest absolute Gasteiger partial charge is 0.422 e. The maximum Gasteiger partial charge on any atom is 0.422 e. The maximum atomic E-state index is 11.7. The Bertz CT molecular complexity index is 2430. The number of rotatable bonds is 5. The van der Waals surface area contributed by atoms with E-state index in [0.29, 0.717) is 35.1 Å². The molecule has 8 aliphatic rings. The Morgan fingerprint density at radius 1 is 0.652 bits per heavy atom. The first kappa shape index (κ1) is 44.6. The molecule has 4 aliphatic carbocycles. The fraction of sp³-hybridized carbons (Fsp3) is 0.449. The molecule has 0 unspecified atom stereocenters. The van der Waals surface area contributed by atoms with E-state index in [4.69, 9.17) is 33.5 Å². The van der Waals surface area contributed by atoms with Gasteiger partial charge in [-0.25, -0.2) is 9.59 Å². The summed E-state index contributed by atoms with van der Waals surface area (Å²) < 4.78 is 39.4. The summed E-state index contributed by atoms with van der Waals surface area (Å²) in [5.41, 5.74) is 4.31. The summed E-state index contributed by atoms with van der Waals surface area (Å²) in [7, 11) is 4.35. The van der Waals surface area contributed by atoms with Crippen LogP contribution in [-0.4, -0.2) is 119 Å². The highest BCUT2D eigenvalue weighted by Gasteiger charge is 2.66. The highest BCUT2D eigenvalue weighted by atomic mass is 16.6. The molecule has 5 heterocycles. The number of carboxylic acid groups (broad SMARTS) is 1. The molecule has 346 valence electrons. The molecule has 17 heteroatoms. The van der Waals surface area contributed by atoms with Crippen molar-refractivity contribution in [3.63, 3.8) is 0 Å². The summed E-state index contributed by atoms with van der Waals surface area (Å²) in [4.78, 5) is 75.5. The quantitative estimate of drug-likeness (QED) is 0.166. The van der Waals surface area contributed by atoms with Crippen LogP contribution in [0.5, 0.6) is 28.7 Å². The number of carbonyl (C=O) groups is 6. The third-order valence-corrected chi connectivity index (χ3v) is 14.4. The van der Waals surface area contributed by atoms with Crippen LogP contribution in [-0.2, 0) is 61.9 Å². The first-order valence-corrected chi connectivity index (χ1v) is 22.0. The fourth-order valence-corrected chi connectivity index (χ4v) is 12.0. The van der Waals surface area contributed by atoms with Crippen LogP contribution in [0.4, 0.5) is 0 Å². The molecule has 2 fully saturated rings. The normalized spacial score (nSPS) is 30.5. The van der Waals surface area contributed by atoms with Gasteiger partial charge in [-0.1, -0.05) is 24.3 Å². The molecule has 1 aromatic heterocycles. The molecule has 1 N–H and O–H groups in total. The number of benzene rings is 2. The van der Waals surface area contributed by atoms with Crippen molar-refractivity contribution in [1.82, 2.24) is 14.8 Å². The Balaban J connectivity index is 0.000000134. The van der Waals surface area contributed by atoms with Gasteiger partial charge in [0.05, 0.1) is 6.20 Å². The Labute approximate surface area is 380 Å². The second-order valence-corrected chi connectivity index (χ2v) is 18.1. The van der Waals surface area contributed by atoms with E-state index in [0.717, 1.165) is 49.9 Å². The molecule has 3 aromatic rings. The Kier molecular flexibility index (Phi) is 11.5. The van der Waals surface area contributed by atoms with E-state index in [1.165, 1.54) is 63.3 Å². The minimum atomic E-state index is -1.63. The molecule has 2 saturated heterocycles. The van der Waals surface area contributed by atoms with Gasteiger partial charge >= 0.3 is 35.8 Å². The molecule has 4 bridgehead atoms. The van der Waals surface area contributed by atoms with Crippen molar-refractivity contribution in [2.45, 2.75) is 101 Å². The van der Waals surface area contributed by atoms with Crippen LogP contribution in [0, 0.1) is 11.8 Å². The van der Waals surface area contributed by atoms with E-state index in [-0.39, 0.29) is 64.5 Å². The summed E-state index contributed by atoms with van der Waals surface area (Å²) >= 11 is 0. The molecule has 2 aromatic carbocycles. The summed E-state index contributed by atoms with van der Waals surface area (Å²) in [6.45, 7) is 7.55. The molecule has 17 nitrogen and oxygen atoms in total. The van der Waals surface area contributed by atoms with Crippen molar-refractivity contribution in [3.05, 3.63) is 95.3 Å². The van der Waals surface area contributed by atoms with Gasteiger partial charge in [-0.05, 0) is 100 Å². The number of aliphatic carboxylic acids is 1. The molecule has 11 rings (SSSR count). The van der Waals surface area contributed by atoms with Crippen molar-refractivity contribution in [3.8, 4) is 28.7 Å². The van der Waals surface area contributed by atoms with E-state index in [9.17, 15) is 28.8 Å². The van der Waals surface area contributed by atoms with Gasteiger partial charge in [-0.3, -0.25) is 24.2 Å². The van der Waals surface area contributed by atoms with Crippen molar-refractivity contribution < 1.29 is 67.0 Å². The average Bonchev–Trinajstić information content (AvgIpc) is 3.81. The van der Waals surface area contributed by atoms with Crippen LogP contribution < -0.4 is 23.7 Å². The van der Waals surface area contributed by atoms with Gasteiger partial charge < -0.3 is 48.1 Å². The summed E-state index contributed by atoms with van der Waals surface area (Å²) in [5.74, 6) is -1.40. The number of likely N-dealkylation sites (N-methyl/N-ethyl adjacent to an activating group) is 2. The van der Waals surface area contributed by atoms with Crippen molar-refractivity contribution in [2.24, 2.45) is 11.8 Å². The lowest BCUT2D eigenvalue weighted by atomic mass is 9.53. The number of likely N-dealkylation sites (tertiary alicyclic amines) is 2. The van der Waals surface area contributed by atoms with Gasteiger partial charge in [0.25, 0.3) is 0 Å². The summed E-state index contributed by atoms with van der Waals surface area (Å²) in [6, 6.07) is 11.5. The van der Waals surface area contributed by atoms with E-state index in [1.54, 1.807) is 0 Å². The molecule has 0 saturated carbocycles. The number of carbonyl (C=O) groups excluding carboxylic acids is 5. The van der Waals surface area contributed by atoms with Crippen LogP contribution in [0.2, 0.25) is 0 Å². The van der Waals surface area contributed by atoms with Gasteiger partial charge in [0.1, 0.15) is 18.0 Å². The van der Waals surface area contributed by atoms with Crippen LogP contribution in [0.25, 0.3) is 0 Å². The predicted molar refractivity (Wildman–Crippen MR) is 231 cm³/mol. The highest BCUT2D eigenvalue weighted by Crippen LogP contribution is 2.64. The highest BCUT2D eigenvalue weighted by molar-refractivity contribution is 6.29. The number of pyridine rings is 1. The first-order valence-electron chi connectivity index (χ1n) is 22.0. The number of aromatic nitrogens is 1. The van der Waals surface area contributed by atoms with E-state index in [1.807, 2.05) is 24.3 Å². The SMILES string of the molecule is CC(=O)Oc1ccc2c3c1O[C@H]1[C@@H](OC(C)=O)C=C[C@H]4[C@@H](C2)N(C)CC[C@@]341.CC(=O)Oc1ccc2c3c1O[C@H]1[C@@H](OC(C)=O)C=C[C@H]4[C@@H](C2)N(C)CC[C@@]341.O=C(O)C(=O)Oc1cccnc1. The molecule has 4 aliphatic heterocycles. The number of nitrogens with zero attached hydrogens (tertiary/aromatic N) is 3. The second kappa shape index (κ2) is 17.0. The topological polar surface area (TPSA) is 207 Å². The van der Waals surface area contributed by atoms with Crippen LogP contribution in [0.3, 0.4) is 0 Å². The third-order valence-electron chi connectivity index (χ3n) is 14.4. The monoisotopic (exact) mass is 905 g/mol. The Morgan fingerprint density at radius 2 is 1.12 bits per heavy atom. The lowest BCUT2D eigenvalue weighted by molar-refractivity contribution is -0.158. The third kappa shape index (κ3) is 7.37. The number of piperidine rings is 2. The molecular weight excluding hydrogens is 855 g/mol. The molecule has 66 heavy (non-hydrogen) atoms. The number of ether oxygens (including phenoxy) is 7. The van der Waals surface area contributed by atoms with Gasteiger partial charge in [0.15, 0.2) is 35.2 Å². The van der Waals surface area contributed by atoms with Crippen LogP contribution >= 0.6 is 0 Å². The van der Waals surface area contributed by atoms with E-state index in [2.05, 4.69) is 57.9 Å². The lowest BCUT2D eigenvalue weighted by Gasteiger charge is -2.56. The van der Waals surface area contributed by atoms with Crippen LogP contribution in [0.15, 0.2) is 73.1 Å². The fourth-order valence-electron chi connectivity index (χ4n) is 12.0. The van der Waals surface area contributed by atoms with Crippen molar-refractivity contribution in [1.29, 1.82) is 0 Å². The summed E-state index contributed by atoms with van der Waals surface area (Å²) in [5, 5.41) is 8.15. The number of carboxylic acids is 1. The maximum absolute atomic E-state index is 11.7. The minimum Gasteiger partial charge on any atom is -0.481 e. The minimum absolute atomic E-state index is 0.116. The standard InChI is InChI=1S/2C21H23NO5.C7H5NO4/c2*1-11(23)25-16-6-4-13-10-15-14-5-7-17(26-12(2)24)20-21(14,8-9-22(15)3)18(13)19(16)27-20;9-6(10)7(11)12-5-2-1-3-8-4-5/h2*4-7,14-15,17,20H,8-10H2,1-3H3;1-4H,(H,9,10)/t2*14-,15+,17-,20-,21-;/m00./s1. The average molecular weight is 906 g/mol. The molecular formula is C49H51N3O14. The summed E-state index contributed by atoms with van der Waals surface area (Å²) in [6.07, 6.45) is 13.4. The zero-order chi connectivity index (χ0) is 46.8. The Hall–Kier alpha value is -6.59. The largest absolute Gasteiger partial charge is 0.481 e. The van der Waals surface area contributed by atoms with Gasteiger partial charge in [0, 0.05) is 79.8 Å². The zero-order valence-electron chi connectivity index (χ0n) is 37.4. The van der Waals surface area contributed by atoms with Crippen molar-refractivity contribution in [2.75, 3.05) is 27.2 Å². The molecule has 0 amide bonds. The first-order chi connectivity index (χ1) is 31.5. The second-order valence-electron chi connectivity index (χ2n) is 18.1. The number of hydrogen-bond acceptors (Lipinski definition) is 16. The Morgan fingerprint density at radius 3 is 1.52 bits per heavy atom.